The van der Waals surface area contributed by atoms with Crippen LogP contribution in [0.4, 0.5) is 11.5 Å². The molecule has 2 N–H and O–H groups in total. The molecule has 2 aromatic heterocycles. The lowest BCUT2D eigenvalue weighted by Crippen LogP contribution is -2.44. The van der Waals surface area contributed by atoms with Crippen molar-refractivity contribution in [3.05, 3.63) is 66.6 Å². The molecule has 0 amide bonds. The molecule has 1 aromatic carbocycles. The van der Waals surface area contributed by atoms with Crippen molar-refractivity contribution in [1.29, 1.82) is 0 Å². The maximum Gasteiger partial charge on any atom is 0.171 e. The highest BCUT2D eigenvalue weighted by Gasteiger charge is 2.15. The van der Waals surface area contributed by atoms with E-state index >= 15 is 0 Å². The van der Waals surface area contributed by atoms with Gasteiger partial charge < -0.3 is 24.9 Å². The Kier molecular flexibility index (Phi) is 6.07. The summed E-state index contributed by atoms with van der Waals surface area (Å²) in [6, 6.07) is 18.0. The van der Waals surface area contributed by atoms with E-state index in [4.69, 9.17) is 16.6 Å². The van der Waals surface area contributed by atoms with E-state index in [1.165, 1.54) is 0 Å². The highest BCUT2D eigenvalue weighted by atomic mass is 32.1. The first-order chi connectivity index (χ1) is 14.2. The molecule has 6 nitrogen and oxygen atoms in total. The van der Waals surface area contributed by atoms with Gasteiger partial charge in [0.25, 0.3) is 0 Å². The molecule has 7 heteroatoms. The quantitative estimate of drug-likeness (QED) is 0.627. The molecule has 3 heterocycles. The van der Waals surface area contributed by atoms with Crippen LogP contribution >= 0.6 is 12.2 Å². The van der Waals surface area contributed by atoms with Gasteiger partial charge >= 0.3 is 0 Å². The van der Waals surface area contributed by atoms with E-state index in [1.807, 2.05) is 60.8 Å². The minimum Gasteiger partial charge on any atom is -0.459 e. The molecule has 0 radical (unpaired) electrons. The highest BCUT2D eigenvalue weighted by molar-refractivity contribution is 7.80. The normalized spacial score (nSPS) is 14.6. The molecule has 150 valence electrons. The van der Waals surface area contributed by atoms with Gasteiger partial charge in [0.1, 0.15) is 17.3 Å². The SMILES string of the molecule is CN1CCN(c2ccc(NC(=S)NCc3ccc(-c4ccccc4)o3)cn2)CC1. The molecule has 0 bridgehead atoms. The Morgan fingerprint density at radius 2 is 1.83 bits per heavy atom. The van der Waals surface area contributed by atoms with Crippen molar-refractivity contribution in [3.8, 4) is 11.3 Å². The van der Waals surface area contributed by atoms with Crippen molar-refractivity contribution in [2.75, 3.05) is 43.4 Å². The second kappa shape index (κ2) is 9.07. The Labute approximate surface area is 176 Å². The molecule has 0 aliphatic carbocycles. The van der Waals surface area contributed by atoms with E-state index < -0.39 is 0 Å². The van der Waals surface area contributed by atoms with Gasteiger partial charge in [-0.2, -0.15) is 0 Å². The predicted octanol–water partition coefficient (Wildman–Crippen LogP) is 3.58. The van der Waals surface area contributed by atoms with Gasteiger partial charge in [-0.15, -0.1) is 0 Å². The van der Waals surface area contributed by atoms with Crippen LogP contribution in [0.25, 0.3) is 11.3 Å². The first-order valence-electron chi connectivity index (χ1n) is 9.76. The molecule has 0 unspecified atom stereocenters. The summed E-state index contributed by atoms with van der Waals surface area (Å²) in [4.78, 5) is 9.21. The summed E-state index contributed by atoms with van der Waals surface area (Å²) in [5.41, 5.74) is 1.93. The smallest absolute Gasteiger partial charge is 0.171 e. The van der Waals surface area contributed by atoms with Crippen molar-refractivity contribution in [1.82, 2.24) is 15.2 Å². The number of furan rings is 1. The number of pyridine rings is 1. The van der Waals surface area contributed by atoms with E-state index in [-0.39, 0.29) is 0 Å². The number of nitrogens with one attached hydrogen (secondary N) is 2. The van der Waals surface area contributed by atoms with Gasteiger partial charge in [0, 0.05) is 31.7 Å². The van der Waals surface area contributed by atoms with Crippen molar-refractivity contribution in [2.24, 2.45) is 0 Å². The first-order valence-corrected chi connectivity index (χ1v) is 10.2. The Bertz CT molecular complexity index is 933. The molecule has 1 saturated heterocycles. The van der Waals surface area contributed by atoms with Crippen LogP contribution in [-0.2, 0) is 6.54 Å². The summed E-state index contributed by atoms with van der Waals surface area (Å²) < 4.78 is 5.89. The maximum atomic E-state index is 5.89. The number of hydrogen-bond acceptors (Lipinski definition) is 5. The molecular weight excluding hydrogens is 382 g/mol. The maximum absolute atomic E-state index is 5.89. The fourth-order valence-corrected chi connectivity index (χ4v) is 3.45. The van der Waals surface area contributed by atoms with Crippen LogP contribution in [0.5, 0.6) is 0 Å². The Hall–Kier alpha value is -2.90. The molecule has 4 rings (SSSR count). The second-order valence-electron chi connectivity index (χ2n) is 7.14. The third-order valence-electron chi connectivity index (χ3n) is 4.98. The van der Waals surface area contributed by atoms with Crippen LogP contribution in [-0.4, -0.2) is 48.2 Å². The third-order valence-corrected chi connectivity index (χ3v) is 5.22. The van der Waals surface area contributed by atoms with E-state index in [0.29, 0.717) is 11.7 Å². The lowest BCUT2D eigenvalue weighted by molar-refractivity contribution is 0.312. The summed E-state index contributed by atoms with van der Waals surface area (Å²) in [6.07, 6.45) is 1.82. The molecule has 1 aliphatic heterocycles. The van der Waals surface area contributed by atoms with Crippen molar-refractivity contribution >= 4 is 28.8 Å². The van der Waals surface area contributed by atoms with Crippen molar-refractivity contribution in [2.45, 2.75) is 6.54 Å². The van der Waals surface area contributed by atoms with Gasteiger partial charge in [-0.3, -0.25) is 0 Å². The van der Waals surface area contributed by atoms with E-state index in [0.717, 1.165) is 54.8 Å². The zero-order chi connectivity index (χ0) is 20.1. The van der Waals surface area contributed by atoms with Gasteiger partial charge in [-0.1, -0.05) is 30.3 Å². The number of nitrogens with zero attached hydrogens (tertiary/aromatic N) is 3. The summed E-state index contributed by atoms with van der Waals surface area (Å²) in [6.45, 7) is 4.66. The predicted molar refractivity (Wildman–Crippen MR) is 121 cm³/mol. The Morgan fingerprint density at radius 1 is 1.03 bits per heavy atom. The number of hydrogen-bond donors (Lipinski definition) is 2. The minimum atomic E-state index is 0.519. The van der Waals surface area contributed by atoms with Crippen molar-refractivity contribution in [3.63, 3.8) is 0 Å². The lowest BCUT2D eigenvalue weighted by atomic mass is 10.2. The number of rotatable bonds is 5. The van der Waals surface area contributed by atoms with E-state index in [1.54, 1.807) is 0 Å². The zero-order valence-corrected chi connectivity index (χ0v) is 17.3. The lowest BCUT2D eigenvalue weighted by Gasteiger charge is -2.33. The Balaban J connectivity index is 1.27. The molecule has 1 fully saturated rings. The molecular formula is C22H25N5OS. The average Bonchev–Trinajstić information content (AvgIpc) is 3.23. The van der Waals surface area contributed by atoms with Gasteiger partial charge in [0.2, 0.25) is 0 Å². The van der Waals surface area contributed by atoms with Gasteiger partial charge in [0.05, 0.1) is 18.4 Å². The largest absolute Gasteiger partial charge is 0.459 e. The number of thiocarbonyl (C=S) groups is 1. The minimum absolute atomic E-state index is 0.519. The Morgan fingerprint density at radius 3 is 2.55 bits per heavy atom. The number of piperazine rings is 1. The number of likely N-dealkylation sites (N-methyl/N-ethyl adjacent to an activating group) is 1. The summed E-state index contributed by atoms with van der Waals surface area (Å²) in [5.74, 6) is 2.69. The zero-order valence-electron chi connectivity index (χ0n) is 16.5. The molecule has 0 spiro atoms. The second-order valence-corrected chi connectivity index (χ2v) is 7.54. The third kappa shape index (κ3) is 5.13. The van der Waals surface area contributed by atoms with Gasteiger partial charge in [-0.05, 0) is 43.5 Å². The van der Waals surface area contributed by atoms with Crippen LogP contribution in [0.15, 0.2) is 65.2 Å². The fourth-order valence-electron chi connectivity index (χ4n) is 3.26. The monoisotopic (exact) mass is 407 g/mol. The van der Waals surface area contributed by atoms with Crippen LogP contribution in [0.2, 0.25) is 0 Å². The first kappa shape index (κ1) is 19.4. The topological polar surface area (TPSA) is 56.6 Å². The molecule has 3 aromatic rings. The summed E-state index contributed by atoms with van der Waals surface area (Å²) >= 11 is 5.40. The van der Waals surface area contributed by atoms with Crippen molar-refractivity contribution < 1.29 is 4.42 Å². The summed E-state index contributed by atoms with van der Waals surface area (Å²) in [7, 11) is 2.15. The molecule has 0 atom stereocenters. The van der Waals surface area contributed by atoms with Crippen LogP contribution < -0.4 is 15.5 Å². The van der Waals surface area contributed by atoms with E-state index in [2.05, 4.69) is 32.5 Å². The molecule has 29 heavy (non-hydrogen) atoms. The average molecular weight is 408 g/mol. The fraction of sp³-hybridized carbons (Fsp3) is 0.273. The standard InChI is InChI=1S/C22H25N5OS/c1-26-11-13-27(14-12-26)21-10-7-18(15-23-21)25-22(29)24-16-19-8-9-20(28-19)17-5-3-2-4-6-17/h2-10,15H,11-14,16H2,1H3,(H2,24,25,29). The number of aromatic nitrogens is 1. The highest BCUT2D eigenvalue weighted by Crippen LogP contribution is 2.21. The van der Waals surface area contributed by atoms with Crippen LogP contribution in [0.3, 0.4) is 0 Å². The van der Waals surface area contributed by atoms with Gasteiger partial charge in [-0.25, -0.2) is 4.98 Å². The van der Waals surface area contributed by atoms with E-state index in [9.17, 15) is 0 Å². The molecule has 1 aliphatic rings. The molecule has 0 saturated carbocycles. The van der Waals surface area contributed by atoms with Crippen LogP contribution in [0, 0.1) is 0 Å². The van der Waals surface area contributed by atoms with Crippen LogP contribution in [0.1, 0.15) is 5.76 Å². The van der Waals surface area contributed by atoms with Gasteiger partial charge in [0.15, 0.2) is 5.11 Å². The summed E-state index contributed by atoms with van der Waals surface area (Å²) in [5, 5.41) is 6.89. The number of benzene rings is 1. The number of anilines is 2.